The third-order valence-corrected chi connectivity index (χ3v) is 3.90. The van der Waals surface area contributed by atoms with Gasteiger partial charge >= 0.3 is 0 Å². The molecule has 0 bridgehead atoms. The molecule has 0 saturated carbocycles. The summed E-state index contributed by atoms with van der Waals surface area (Å²) in [6.07, 6.45) is 1.25. The van der Waals surface area contributed by atoms with Crippen LogP contribution in [0.25, 0.3) is 0 Å². The van der Waals surface area contributed by atoms with E-state index in [2.05, 4.69) is 26.4 Å². The van der Waals surface area contributed by atoms with Crippen molar-refractivity contribution in [3.05, 3.63) is 57.6 Å². The van der Waals surface area contributed by atoms with Gasteiger partial charge in [0, 0.05) is 15.7 Å². The van der Waals surface area contributed by atoms with Gasteiger partial charge < -0.3 is 15.3 Å². The van der Waals surface area contributed by atoms with Crippen LogP contribution >= 0.6 is 15.9 Å². The van der Waals surface area contributed by atoms with E-state index < -0.39 is 0 Å². The summed E-state index contributed by atoms with van der Waals surface area (Å²) < 4.78 is 6.33. The normalized spacial score (nSPS) is 10.7. The number of hydrogen-bond acceptors (Lipinski definition) is 4. The number of rotatable bonds is 5. The summed E-state index contributed by atoms with van der Waals surface area (Å²) in [6, 6.07) is 11.0. The van der Waals surface area contributed by atoms with Crippen LogP contribution in [0, 0.1) is 13.8 Å². The Morgan fingerprint density at radius 3 is 2.87 bits per heavy atom. The Kier molecular flexibility index (Phi) is 5.76. The average molecular weight is 377 g/mol. The van der Waals surface area contributed by atoms with E-state index in [4.69, 9.17) is 9.94 Å². The van der Waals surface area contributed by atoms with E-state index in [1.165, 1.54) is 6.21 Å². The maximum absolute atomic E-state index is 12.1. The van der Waals surface area contributed by atoms with Gasteiger partial charge in [-0.25, -0.2) is 0 Å². The van der Waals surface area contributed by atoms with E-state index >= 15 is 0 Å². The summed E-state index contributed by atoms with van der Waals surface area (Å²) in [6.45, 7) is 3.81. The number of benzene rings is 2. The number of nitrogens with one attached hydrogen (secondary N) is 1. The highest BCUT2D eigenvalue weighted by Crippen LogP contribution is 2.22. The van der Waals surface area contributed by atoms with Crippen LogP contribution in [-0.4, -0.2) is 23.9 Å². The molecule has 0 aliphatic rings. The zero-order valence-corrected chi connectivity index (χ0v) is 14.4. The van der Waals surface area contributed by atoms with Crippen molar-refractivity contribution >= 4 is 33.7 Å². The molecule has 2 N–H and O–H groups in total. The second-order valence-electron chi connectivity index (χ2n) is 5.01. The number of nitrogens with zero attached hydrogens (tertiary/aromatic N) is 1. The Morgan fingerprint density at radius 1 is 1.35 bits per heavy atom. The number of aryl methyl sites for hydroxylation is 1. The first-order valence-corrected chi connectivity index (χ1v) is 7.76. The minimum atomic E-state index is -0.256. The lowest BCUT2D eigenvalue weighted by molar-refractivity contribution is -0.118. The largest absolute Gasteiger partial charge is 0.483 e. The number of hydrogen-bond donors (Lipinski definition) is 2. The quantitative estimate of drug-likeness (QED) is 0.472. The Labute approximate surface area is 143 Å². The standard InChI is InChI=1S/C17H17BrN2O3/c1-11-4-3-5-15(12(11)2)20-17(21)10-23-16-7-6-14(18)8-13(16)9-19-22/h3-9,22H,10H2,1-2H3,(H,20,21)/b19-9+. The molecule has 2 aromatic carbocycles. The molecule has 0 aromatic heterocycles. The van der Waals surface area contributed by atoms with E-state index in [-0.39, 0.29) is 12.5 Å². The maximum Gasteiger partial charge on any atom is 0.262 e. The number of oxime groups is 1. The molecule has 120 valence electrons. The predicted molar refractivity (Wildman–Crippen MR) is 93.6 cm³/mol. The lowest BCUT2D eigenvalue weighted by Crippen LogP contribution is -2.21. The molecule has 0 unspecified atom stereocenters. The van der Waals surface area contributed by atoms with Gasteiger partial charge in [0.15, 0.2) is 6.61 Å². The van der Waals surface area contributed by atoms with Crippen molar-refractivity contribution in [1.29, 1.82) is 0 Å². The number of carbonyl (C=O) groups excluding carboxylic acids is 1. The smallest absolute Gasteiger partial charge is 0.262 e. The van der Waals surface area contributed by atoms with Gasteiger partial charge in [-0.3, -0.25) is 4.79 Å². The number of anilines is 1. The fourth-order valence-corrected chi connectivity index (χ4v) is 2.41. The highest BCUT2D eigenvalue weighted by atomic mass is 79.9. The van der Waals surface area contributed by atoms with Gasteiger partial charge in [-0.1, -0.05) is 33.2 Å². The van der Waals surface area contributed by atoms with Crippen LogP contribution in [0.1, 0.15) is 16.7 Å². The molecule has 2 rings (SSSR count). The van der Waals surface area contributed by atoms with Crippen molar-refractivity contribution in [2.75, 3.05) is 11.9 Å². The Bertz CT molecular complexity index is 745. The monoisotopic (exact) mass is 376 g/mol. The molecule has 23 heavy (non-hydrogen) atoms. The fraction of sp³-hybridized carbons (Fsp3) is 0.176. The van der Waals surface area contributed by atoms with Gasteiger partial charge in [0.25, 0.3) is 5.91 Å². The molecule has 1 amide bonds. The number of amides is 1. The van der Waals surface area contributed by atoms with Gasteiger partial charge in [0.1, 0.15) is 5.75 Å². The van der Waals surface area contributed by atoms with Crippen molar-refractivity contribution in [2.45, 2.75) is 13.8 Å². The Balaban J connectivity index is 2.03. The molecular weight excluding hydrogens is 360 g/mol. The SMILES string of the molecule is Cc1cccc(NC(=O)COc2ccc(Br)cc2/C=N/O)c1C. The topological polar surface area (TPSA) is 70.9 Å². The molecule has 0 atom stereocenters. The molecule has 5 nitrogen and oxygen atoms in total. The second kappa shape index (κ2) is 7.78. The van der Waals surface area contributed by atoms with Crippen LogP contribution in [0.4, 0.5) is 5.69 Å². The lowest BCUT2D eigenvalue weighted by Gasteiger charge is -2.12. The van der Waals surface area contributed by atoms with Crippen LogP contribution in [-0.2, 0) is 4.79 Å². The Hall–Kier alpha value is -2.34. The van der Waals surface area contributed by atoms with Crippen molar-refractivity contribution in [3.63, 3.8) is 0 Å². The molecule has 0 radical (unpaired) electrons. The van der Waals surface area contributed by atoms with Crippen molar-refractivity contribution in [3.8, 4) is 5.75 Å². The summed E-state index contributed by atoms with van der Waals surface area (Å²) in [5.74, 6) is 0.204. The van der Waals surface area contributed by atoms with E-state index in [1.807, 2.05) is 32.0 Å². The van der Waals surface area contributed by atoms with Crippen LogP contribution in [0.2, 0.25) is 0 Å². The zero-order chi connectivity index (χ0) is 16.8. The number of carbonyl (C=O) groups is 1. The molecular formula is C17H17BrN2O3. The van der Waals surface area contributed by atoms with E-state index in [9.17, 15) is 4.79 Å². The average Bonchev–Trinajstić information content (AvgIpc) is 2.51. The summed E-state index contributed by atoms with van der Waals surface area (Å²) in [7, 11) is 0. The van der Waals surface area contributed by atoms with E-state index in [0.717, 1.165) is 21.3 Å². The first kappa shape index (κ1) is 17.0. The third kappa shape index (κ3) is 4.56. The van der Waals surface area contributed by atoms with Crippen LogP contribution in [0.15, 0.2) is 46.0 Å². The maximum atomic E-state index is 12.1. The number of ether oxygens (including phenoxy) is 1. The molecule has 0 saturated heterocycles. The van der Waals surface area contributed by atoms with Crippen molar-refractivity contribution in [1.82, 2.24) is 0 Å². The molecule has 0 aliphatic heterocycles. The van der Waals surface area contributed by atoms with Crippen LogP contribution in [0.5, 0.6) is 5.75 Å². The van der Waals surface area contributed by atoms with Gasteiger partial charge in [-0.2, -0.15) is 0 Å². The summed E-state index contributed by atoms with van der Waals surface area (Å²) in [5.41, 5.74) is 3.48. The Morgan fingerprint density at radius 2 is 2.13 bits per heavy atom. The summed E-state index contributed by atoms with van der Waals surface area (Å²) in [4.78, 5) is 12.1. The minimum absolute atomic E-state index is 0.138. The van der Waals surface area contributed by atoms with Gasteiger partial charge in [-0.05, 0) is 49.2 Å². The predicted octanol–water partition coefficient (Wildman–Crippen LogP) is 3.89. The van der Waals surface area contributed by atoms with Gasteiger partial charge in [-0.15, -0.1) is 0 Å². The minimum Gasteiger partial charge on any atom is -0.483 e. The van der Waals surface area contributed by atoms with Gasteiger partial charge in [0.2, 0.25) is 0 Å². The van der Waals surface area contributed by atoms with Crippen molar-refractivity contribution < 1.29 is 14.7 Å². The summed E-state index contributed by atoms with van der Waals surface area (Å²) >= 11 is 3.33. The first-order valence-electron chi connectivity index (χ1n) is 6.97. The fourth-order valence-electron chi connectivity index (χ4n) is 2.03. The zero-order valence-electron chi connectivity index (χ0n) is 12.8. The molecule has 6 heteroatoms. The third-order valence-electron chi connectivity index (χ3n) is 3.41. The van der Waals surface area contributed by atoms with Crippen LogP contribution < -0.4 is 10.1 Å². The molecule has 2 aromatic rings. The lowest BCUT2D eigenvalue weighted by atomic mass is 10.1. The molecule has 0 heterocycles. The second-order valence-corrected chi connectivity index (χ2v) is 5.93. The molecule has 0 aliphatic carbocycles. The molecule has 0 spiro atoms. The highest BCUT2D eigenvalue weighted by Gasteiger charge is 2.09. The van der Waals surface area contributed by atoms with Crippen LogP contribution in [0.3, 0.4) is 0 Å². The van der Waals surface area contributed by atoms with Gasteiger partial charge in [0.05, 0.1) is 6.21 Å². The molecule has 0 fully saturated rings. The van der Waals surface area contributed by atoms with E-state index in [0.29, 0.717) is 11.3 Å². The number of halogens is 1. The summed E-state index contributed by atoms with van der Waals surface area (Å²) in [5, 5.41) is 14.5. The van der Waals surface area contributed by atoms with Crippen molar-refractivity contribution in [2.24, 2.45) is 5.16 Å². The van der Waals surface area contributed by atoms with E-state index in [1.54, 1.807) is 18.2 Å². The first-order chi connectivity index (χ1) is 11.0. The highest BCUT2D eigenvalue weighted by molar-refractivity contribution is 9.10.